The third-order valence-corrected chi connectivity index (χ3v) is 0.183. The number of hydrogen-bond donors (Lipinski definition) is 2. The van der Waals surface area contributed by atoms with E-state index in [-0.39, 0.29) is 5.76 Å². The van der Waals surface area contributed by atoms with Gasteiger partial charge < -0.3 is 15.3 Å². The smallest absolute Gasteiger partial charge is 0.414 e. The third-order valence-electron chi connectivity index (χ3n) is 0.183. The van der Waals surface area contributed by atoms with Gasteiger partial charge in [-0.2, -0.15) is 0 Å². The summed E-state index contributed by atoms with van der Waals surface area (Å²) in [5, 5.41) is 24.1. The van der Waals surface area contributed by atoms with Crippen molar-refractivity contribution in [2.75, 3.05) is 0 Å². The number of hydrogen-bond acceptors (Lipinski definition) is 3. The highest BCUT2D eigenvalue weighted by molar-refractivity contribution is 6.27. The van der Waals surface area contributed by atoms with Crippen LogP contribution in [0.5, 0.6) is 0 Å². The molecular formula is C5H7O5-. The minimum absolute atomic E-state index is 0.0833. The molecule has 58 valence electrons. The van der Waals surface area contributed by atoms with Crippen molar-refractivity contribution in [2.24, 2.45) is 0 Å². The molecule has 0 bridgehead atoms. The first-order chi connectivity index (χ1) is 4.37. The Morgan fingerprint density at radius 1 is 1.30 bits per heavy atom. The van der Waals surface area contributed by atoms with Crippen LogP contribution in [0.2, 0.25) is 0 Å². The van der Waals surface area contributed by atoms with Crippen LogP contribution in [0.4, 0.5) is 0 Å². The maximum Gasteiger partial charge on any atom is 0.414 e. The zero-order chi connectivity index (χ0) is 8.73. The van der Waals surface area contributed by atoms with E-state index >= 15 is 0 Å². The van der Waals surface area contributed by atoms with Crippen LogP contribution in [0, 0.1) is 0 Å². The largest absolute Gasteiger partial charge is 0.876 e. The van der Waals surface area contributed by atoms with Gasteiger partial charge in [0.05, 0.1) is 0 Å². The van der Waals surface area contributed by atoms with Crippen molar-refractivity contribution in [2.45, 2.75) is 6.92 Å². The molecule has 0 saturated carbocycles. The fraction of sp³-hybridized carbons (Fsp3) is 0.200. The van der Waals surface area contributed by atoms with Crippen LogP contribution in [-0.2, 0) is 9.59 Å². The molecule has 0 atom stereocenters. The van der Waals surface area contributed by atoms with Gasteiger partial charge in [0.1, 0.15) is 0 Å². The van der Waals surface area contributed by atoms with E-state index in [1.807, 2.05) is 0 Å². The van der Waals surface area contributed by atoms with Gasteiger partial charge in [0.15, 0.2) is 0 Å². The Labute approximate surface area is 57.2 Å². The van der Waals surface area contributed by atoms with E-state index in [4.69, 9.17) is 19.8 Å². The number of carboxylic acid groups (broad SMARTS) is 2. The van der Waals surface area contributed by atoms with Gasteiger partial charge in [-0.05, 0) is 0 Å². The predicted molar refractivity (Wildman–Crippen MR) is 30.1 cm³/mol. The van der Waals surface area contributed by atoms with Crippen molar-refractivity contribution in [1.29, 1.82) is 0 Å². The summed E-state index contributed by atoms with van der Waals surface area (Å²) < 4.78 is 0. The number of carboxylic acids is 2. The number of allylic oxidation sites excluding steroid dienone is 1. The average molecular weight is 147 g/mol. The molecule has 0 rings (SSSR count). The molecule has 0 spiro atoms. The highest BCUT2D eigenvalue weighted by Crippen LogP contribution is 1.57. The molecule has 0 aliphatic carbocycles. The lowest BCUT2D eigenvalue weighted by atomic mass is 10.7. The van der Waals surface area contributed by atoms with Gasteiger partial charge in [0, 0.05) is 0 Å². The zero-order valence-corrected chi connectivity index (χ0v) is 5.33. The Hall–Kier alpha value is -1.52. The van der Waals surface area contributed by atoms with Gasteiger partial charge in [0.2, 0.25) is 0 Å². The van der Waals surface area contributed by atoms with Gasteiger partial charge in [0.25, 0.3) is 0 Å². The van der Waals surface area contributed by atoms with Crippen LogP contribution in [0.3, 0.4) is 0 Å². The molecule has 5 nitrogen and oxygen atoms in total. The molecule has 0 fully saturated rings. The lowest BCUT2D eigenvalue weighted by Crippen LogP contribution is -2.09. The SMILES string of the molecule is C=C(C)[O-].O=C(O)C(=O)O. The van der Waals surface area contributed by atoms with Crippen molar-refractivity contribution in [1.82, 2.24) is 0 Å². The van der Waals surface area contributed by atoms with E-state index in [1.54, 1.807) is 0 Å². The van der Waals surface area contributed by atoms with Crippen LogP contribution < -0.4 is 5.11 Å². The van der Waals surface area contributed by atoms with Gasteiger partial charge in [-0.25, -0.2) is 9.59 Å². The van der Waals surface area contributed by atoms with E-state index in [0.29, 0.717) is 0 Å². The molecule has 0 amide bonds. The standard InChI is InChI=1S/C3H6O.C2H2O4/c1-3(2)4;3-1(4)2(5)6/h4H,1H2,2H3;(H,3,4)(H,5,6)/p-1. The summed E-state index contributed by atoms with van der Waals surface area (Å²) in [5.41, 5.74) is 0. The third kappa shape index (κ3) is 31.6. The van der Waals surface area contributed by atoms with Crippen molar-refractivity contribution < 1.29 is 24.9 Å². The minimum atomic E-state index is -1.82. The quantitative estimate of drug-likeness (QED) is 0.339. The van der Waals surface area contributed by atoms with Crippen LogP contribution in [0.15, 0.2) is 12.3 Å². The summed E-state index contributed by atoms with van der Waals surface area (Å²) in [7, 11) is 0. The summed E-state index contributed by atoms with van der Waals surface area (Å²) in [6, 6.07) is 0. The van der Waals surface area contributed by atoms with Gasteiger partial charge in [-0.1, -0.05) is 6.92 Å². The molecule has 0 unspecified atom stereocenters. The molecule has 0 saturated heterocycles. The summed E-state index contributed by atoms with van der Waals surface area (Å²) in [4.78, 5) is 18.2. The highest BCUT2D eigenvalue weighted by Gasteiger charge is 2.04. The Kier molecular flexibility index (Phi) is 6.34. The summed E-state index contributed by atoms with van der Waals surface area (Å²) in [6.45, 7) is 4.42. The highest BCUT2D eigenvalue weighted by atomic mass is 16.4. The summed E-state index contributed by atoms with van der Waals surface area (Å²) in [5.74, 6) is -3.73. The van der Waals surface area contributed by atoms with Gasteiger partial charge >= 0.3 is 11.9 Å². The van der Waals surface area contributed by atoms with Crippen LogP contribution in [0.1, 0.15) is 6.92 Å². The van der Waals surface area contributed by atoms with E-state index in [0.717, 1.165) is 0 Å². The zero-order valence-electron chi connectivity index (χ0n) is 5.33. The van der Waals surface area contributed by atoms with Crippen molar-refractivity contribution >= 4 is 11.9 Å². The number of carbonyl (C=O) groups is 2. The van der Waals surface area contributed by atoms with Crippen molar-refractivity contribution in [3.8, 4) is 0 Å². The topological polar surface area (TPSA) is 97.7 Å². The minimum Gasteiger partial charge on any atom is -0.876 e. The first-order valence-electron chi connectivity index (χ1n) is 2.16. The molecule has 0 aliphatic heterocycles. The molecule has 0 radical (unpaired) electrons. The monoisotopic (exact) mass is 147 g/mol. The molecule has 0 aliphatic rings. The fourth-order valence-electron chi connectivity index (χ4n) is 0. The van der Waals surface area contributed by atoms with Crippen LogP contribution in [0.25, 0.3) is 0 Å². The first kappa shape index (κ1) is 11.3. The lowest BCUT2D eigenvalue weighted by Gasteiger charge is -1.92. The molecule has 2 N–H and O–H groups in total. The molecule has 0 heterocycles. The molecule has 0 aromatic heterocycles. The second-order valence-electron chi connectivity index (χ2n) is 1.31. The second kappa shape index (κ2) is 5.61. The Morgan fingerprint density at radius 3 is 1.40 bits per heavy atom. The molecule has 0 aromatic rings. The number of rotatable bonds is 0. The van der Waals surface area contributed by atoms with E-state index in [9.17, 15) is 5.11 Å². The summed E-state index contributed by atoms with van der Waals surface area (Å²) >= 11 is 0. The number of aliphatic carboxylic acids is 2. The normalized spacial score (nSPS) is 6.90. The van der Waals surface area contributed by atoms with Crippen LogP contribution in [-0.4, -0.2) is 22.2 Å². The lowest BCUT2D eigenvalue weighted by molar-refractivity contribution is -0.300. The maximum absolute atomic E-state index is 9.33. The predicted octanol–water partition coefficient (Wildman–Crippen LogP) is -0.964. The van der Waals surface area contributed by atoms with E-state index in [2.05, 4.69) is 6.58 Å². The van der Waals surface area contributed by atoms with Crippen molar-refractivity contribution in [3.63, 3.8) is 0 Å². The summed E-state index contributed by atoms with van der Waals surface area (Å²) in [6.07, 6.45) is 0. The maximum atomic E-state index is 9.33. The molecule has 10 heavy (non-hydrogen) atoms. The Morgan fingerprint density at radius 2 is 1.40 bits per heavy atom. The van der Waals surface area contributed by atoms with Gasteiger partial charge in [-0.3, -0.25) is 0 Å². The Balaban J connectivity index is 0. The second-order valence-corrected chi connectivity index (χ2v) is 1.31. The molecule has 5 heteroatoms. The fourth-order valence-corrected chi connectivity index (χ4v) is 0. The van der Waals surface area contributed by atoms with E-state index in [1.165, 1.54) is 6.92 Å². The molecular weight excluding hydrogens is 140 g/mol. The van der Waals surface area contributed by atoms with E-state index < -0.39 is 11.9 Å². The average Bonchev–Trinajstić information content (AvgIpc) is 1.63. The Bertz CT molecular complexity index is 132. The van der Waals surface area contributed by atoms with Gasteiger partial charge in [-0.15, -0.1) is 12.3 Å². The molecule has 0 aromatic carbocycles. The van der Waals surface area contributed by atoms with Crippen molar-refractivity contribution in [3.05, 3.63) is 12.3 Å². The van der Waals surface area contributed by atoms with Crippen LogP contribution >= 0.6 is 0 Å². The first-order valence-corrected chi connectivity index (χ1v) is 2.16.